The highest BCUT2D eigenvalue weighted by Crippen LogP contribution is 2.25. The Hall–Kier alpha value is -1.66. The smallest absolute Gasteiger partial charge is 0.283 e. The average Bonchev–Trinajstić information content (AvgIpc) is 3.21. The van der Waals surface area contributed by atoms with Crippen molar-refractivity contribution in [2.45, 2.75) is 25.3 Å². The van der Waals surface area contributed by atoms with Gasteiger partial charge in [-0.15, -0.1) is 0 Å². The number of hydrogen-bond donors (Lipinski definition) is 2. The minimum absolute atomic E-state index is 0.0747. The molecule has 2 rings (SSSR count). The number of nitro benzene ring substituents is 1. The molecule has 0 heterocycles. The first-order valence-corrected chi connectivity index (χ1v) is 6.92. The summed E-state index contributed by atoms with van der Waals surface area (Å²) >= 11 is 5.88. The molecule has 1 saturated carbocycles. The minimum Gasteiger partial charge on any atom is -0.352 e. The predicted molar refractivity (Wildman–Crippen MR) is 76.1 cm³/mol. The molecule has 1 aromatic rings. The highest BCUT2D eigenvalue weighted by Gasteiger charge is 2.23. The van der Waals surface area contributed by atoms with E-state index in [4.69, 9.17) is 11.6 Å². The van der Waals surface area contributed by atoms with Gasteiger partial charge in [-0.3, -0.25) is 14.9 Å². The van der Waals surface area contributed by atoms with E-state index in [0.717, 1.165) is 13.0 Å². The van der Waals surface area contributed by atoms with Gasteiger partial charge in [0.15, 0.2) is 0 Å². The Balaban J connectivity index is 1.89. The number of carbonyl (C=O) groups excluding carboxylic acids is 1. The molecule has 0 atom stereocenters. The fraction of sp³-hybridized carbons (Fsp3) is 0.462. The van der Waals surface area contributed by atoms with E-state index in [2.05, 4.69) is 10.6 Å². The second-order valence-electron chi connectivity index (χ2n) is 4.73. The number of nitro groups is 1. The maximum Gasteiger partial charge on any atom is 0.283 e. The fourth-order valence-corrected chi connectivity index (χ4v) is 2.12. The normalized spacial score (nSPS) is 14.1. The highest BCUT2D eigenvalue weighted by molar-refractivity contribution is 6.34. The molecule has 6 nitrogen and oxygen atoms in total. The van der Waals surface area contributed by atoms with Crippen molar-refractivity contribution in [2.24, 2.45) is 0 Å². The number of nitrogens with zero attached hydrogens (tertiary/aromatic N) is 1. The van der Waals surface area contributed by atoms with Crippen LogP contribution in [0.15, 0.2) is 18.2 Å². The second-order valence-corrected chi connectivity index (χ2v) is 5.14. The predicted octanol–water partition coefficient (Wildman–Crippen LogP) is 2.12. The third kappa shape index (κ3) is 3.91. The number of carbonyl (C=O) groups is 1. The Morgan fingerprint density at radius 2 is 2.15 bits per heavy atom. The summed E-state index contributed by atoms with van der Waals surface area (Å²) in [5, 5.41) is 17.0. The summed E-state index contributed by atoms with van der Waals surface area (Å²) in [7, 11) is 0. The third-order valence-corrected chi connectivity index (χ3v) is 3.38. The van der Waals surface area contributed by atoms with Crippen LogP contribution in [-0.2, 0) is 0 Å². The summed E-state index contributed by atoms with van der Waals surface area (Å²) in [5.74, 6) is -0.506. The van der Waals surface area contributed by atoms with E-state index in [0.29, 0.717) is 12.6 Å². The molecule has 20 heavy (non-hydrogen) atoms. The molecule has 0 saturated heterocycles. The zero-order chi connectivity index (χ0) is 14.5. The Morgan fingerprint density at radius 3 is 2.80 bits per heavy atom. The van der Waals surface area contributed by atoms with Crippen LogP contribution in [0.25, 0.3) is 0 Å². The van der Waals surface area contributed by atoms with Crippen LogP contribution < -0.4 is 10.6 Å². The summed E-state index contributed by atoms with van der Waals surface area (Å²) < 4.78 is 0. The van der Waals surface area contributed by atoms with E-state index in [9.17, 15) is 14.9 Å². The molecular formula is C13H16ClN3O3. The van der Waals surface area contributed by atoms with E-state index in [1.807, 2.05) is 0 Å². The van der Waals surface area contributed by atoms with Gasteiger partial charge in [0.1, 0.15) is 5.56 Å². The van der Waals surface area contributed by atoms with Crippen LogP contribution in [0.1, 0.15) is 29.6 Å². The Bertz CT molecular complexity index is 518. The van der Waals surface area contributed by atoms with Crippen molar-refractivity contribution in [1.82, 2.24) is 10.6 Å². The van der Waals surface area contributed by atoms with Crippen LogP contribution in [-0.4, -0.2) is 30.0 Å². The third-order valence-electron chi connectivity index (χ3n) is 3.06. The van der Waals surface area contributed by atoms with Crippen molar-refractivity contribution < 1.29 is 9.72 Å². The Kier molecular flexibility index (Phi) is 4.92. The van der Waals surface area contributed by atoms with E-state index >= 15 is 0 Å². The molecule has 1 fully saturated rings. The van der Waals surface area contributed by atoms with Crippen LogP contribution in [0.4, 0.5) is 5.69 Å². The van der Waals surface area contributed by atoms with E-state index in [1.165, 1.54) is 31.0 Å². The van der Waals surface area contributed by atoms with Crippen molar-refractivity contribution in [3.63, 3.8) is 0 Å². The van der Waals surface area contributed by atoms with Gasteiger partial charge in [-0.25, -0.2) is 0 Å². The molecule has 1 aliphatic carbocycles. The monoisotopic (exact) mass is 297 g/mol. The first-order valence-electron chi connectivity index (χ1n) is 6.54. The summed E-state index contributed by atoms with van der Waals surface area (Å²) in [5.41, 5.74) is -0.347. The highest BCUT2D eigenvalue weighted by atomic mass is 35.5. The van der Waals surface area contributed by atoms with Crippen LogP contribution in [0.5, 0.6) is 0 Å². The summed E-state index contributed by atoms with van der Waals surface area (Å²) in [6, 6.07) is 4.83. The number of nitrogens with one attached hydrogen (secondary N) is 2. The Labute approximate surface area is 121 Å². The lowest BCUT2D eigenvalue weighted by Gasteiger charge is -2.07. The zero-order valence-electron chi connectivity index (χ0n) is 10.9. The maximum atomic E-state index is 12.0. The molecule has 0 unspecified atom stereocenters. The molecular weight excluding hydrogens is 282 g/mol. The van der Waals surface area contributed by atoms with E-state index in [1.54, 1.807) is 0 Å². The first kappa shape index (κ1) is 14.7. The van der Waals surface area contributed by atoms with Crippen molar-refractivity contribution in [3.05, 3.63) is 38.9 Å². The van der Waals surface area contributed by atoms with Crippen molar-refractivity contribution >= 4 is 23.2 Å². The SMILES string of the molecule is O=C(NCCCNC1CC1)c1c(Cl)cccc1[N+](=O)[O-]. The van der Waals surface area contributed by atoms with Gasteiger partial charge < -0.3 is 10.6 Å². The average molecular weight is 298 g/mol. The molecule has 108 valence electrons. The van der Waals surface area contributed by atoms with Gasteiger partial charge >= 0.3 is 0 Å². The van der Waals surface area contributed by atoms with Crippen LogP contribution in [0.2, 0.25) is 5.02 Å². The van der Waals surface area contributed by atoms with Crippen molar-refractivity contribution in [2.75, 3.05) is 13.1 Å². The molecule has 0 radical (unpaired) electrons. The lowest BCUT2D eigenvalue weighted by molar-refractivity contribution is -0.385. The largest absolute Gasteiger partial charge is 0.352 e. The van der Waals surface area contributed by atoms with E-state index < -0.39 is 10.8 Å². The number of rotatable bonds is 7. The van der Waals surface area contributed by atoms with Crippen LogP contribution in [0, 0.1) is 10.1 Å². The molecule has 0 bridgehead atoms. The molecule has 1 aliphatic rings. The lowest BCUT2D eigenvalue weighted by atomic mass is 10.1. The van der Waals surface area contributed by atoms with Gasteiger partial charge in [0.2, 0.25) is 0 Å². The second kappa shape index (κ2) is 6.67. The topological polar surface area (TPSA) is 84.3 Å². The van der Waals surface area contributed by atoms with Gasteiger partial charge in [-0.1, -0.05) is 17.7 Å². The van der Waals surface area contributed by atoms with Gasteiger partial charge in [-0.05, 0) is 31.9 Å². The van der Waals surface area contributed by atoms with Crippen LogP contribution >= 0.6 is 11.6 Å². The van der Waals surface area contributed by atoms with Gasteiger partial charge in [0.05, 0.1) is 9.95 Å². The molecule has 0 spiro atoms. The summed E-state index contributed by atoms with van der Waals surface area (Å²) in [4.78, 5) is 22.3. The lowest BCUT2D eigenvalue weighted by Crippen LogP contribution is -2.28. The van der Waals surface area contributed by atoms with E-state index in [-0.39, 0.29) is 16.3 Å². The summed E-state index contributed by atoms with van der Waals surface area (Å²) in [6.07, 6.45) is 3.22. The number of benzene rings is 1. The molecule has 7 heteroatoms. The number of halogens is 1. The summed E-state index contributed by atoms with van der Waals surface area (Å²) in [6.45, 7) is 1.29. The molecule has 0 aliphatic heterocycles. The van der Waals surface area contributed by atoms with Crippen molar-refractivity contribution in [1.29, 1.82) is 0 Å². The van der Waals surface area contributed by atoms with Gasteiger partial charge in [0, 0.05) is 18.7 Å². The van der Waals surface area contributed by atoms with Crippen molar-refractivity contribution in [3.8, 4) is 0 Å². The number of amides is 1. The van der Waals surface area contributed by atoms with Gasteiger partial charge in [-0.2, -0.15) is 0 Å². The van der Waals surface area contributed by atoms with Gasteiger partial charge in [0.25, 0.3) is 11.6 Å². The molecule has 1 amide bonds. The number of hydrogen-bond acceptors (Lipinski definition) is 4. The van der Waals surface area contributed by atoms with Crippen LogP contribution in [0.3, 0.4) is 0 Å². The molecule has 2 N–H and O–H groups in total. The fourth-order valence-electron chi connectivity index (χ4n) is 1.86. The zero-order valence-corrected chi connectivity index (χ0v) is 11.7. The molecule has 0 aromatic heterocycles. The minimum atomic E-state index is -0.602. The maximum absolute atomic E-state index is 12.0. The quantitative estimate of drug-likeness (QED) is 0.459. The first-order chi connectivity index (χ1) is 9.59. The Morgan fingerprint density at radius 1 is 1.40 bits per heavy atom. The molecule has 1 aromatic carbocycles. The standard InChI is InChI=1S/C13H16ClN3O3/c14-10-3-1-4-11(17(19)20)12(10)13(18)16-8-2-7-15-9-5-6-9/h1,3-4,9,15H,2,5-8H2,(H,16,18).